The van der Waals surface area contributed by atoms with Gasteiger partial charge in [0.2, 0.25) is 0 Å². The highest BCUT2D eigenvalue weighted by Crippen LogP contribution is 2.17. The summed E-state index contributed by atoms with van der Waals surface area (Å²) in [6.07, 6.45) is 1.17. The summed E-state index contributed by atoms with van der Waals surface area (Å²) >= 11 is 0. The fraction of sp³-hybridized carbons (Fsp3) is 0.600. The van der Waals surface area contributed by atoms with Gasteiger partial charge >= 0.3 is 0 Å². The molecule has 0 aromatic heterocycles. The first-order valence-corrected chi connectivity index (χ1v) is 6.64. The van der Waals surface area contributed by atoms with E-state index in [4.69, 9.17) is 0 Å². The van der Waals surface area contributed by atoms with Gasteiger partial charge in [0, 0.05) is 18.2 Å². The Kier molecular flexibility index (Phi) is 6.30. The molecule has 1 rings (SSSR count). The fourth-order valence-electron chi connectivity index (χ4n) is 1.98. The van der Waals surface area contributed by atoms with Crippen molar-refractivity contribution < 1.29 is 4.39 Å². The zero-order valence-electron chi connectivity index (χ0n) is 11.9. The third-order valence-electron chi connectivity index (χ3n) is 3.21. The minimum Gasteiger partial charge on any atom is -0.312 e. The number of rotatable bonds is 7. The molecule has 0 saturated heterocycles. The molecule has 1 aromatic carbocycles. The van der Waals surface area contributed by atoms with E-state index in [0.29, 0.717) is 5.92 Å². The van der Waals surface area contributed by atoms with Crippen LogP contribution in [-0.2, 0) is 0 Å². The molecular formula is C15H25FN2. The van der Waals surface area contributed by atoms with Crippen LogP contribution in [0.1, 0.15) is 31.9 Å². The highest BCUT2D eigenvalue weighted by Gasteiger charge is 2.15. The quantitative estimate of drug-likeness (QED) is 0.802. The molecule has 3 heteroatoms. The van der Waals surface area contributed by atoms with Crippen LogP contribution in [-0.4, -0.2) is 32.1 Å². The zero-order chi connectivity index (χ0) is 13.5. The first-order valence-electron chi connectivity index (χ1n) is 6.64. The van der Waals surface area contributed by atoms with E-state index in [-0.39, 0.29) is 11.9 Å². The van der Waals surface area contributed by atoms with Crippen LogP contribution in [0.4, 0.5) is 4.39 Å². The zero-order valence-corrected chi connectivity index (χ0v) is 11.9. The molecule has 1 unspecified atom stereocenters. The van der Waals surface area contributed by atoms with Crippen molar-refractivity contribution in [3.8, 4) is 0 Å². The molecule has 0 spiro atoms. The van der Waals surface area contributed by atoms with Gasteiger partial charge in [0.25, 0.3) is 0 Å². The monoisotopic (exact) mass is 252 g/mol. The maximum Gasteiger partial charge on any atom is 0.128 e. The molecule has 2 nitrogen and oxygen atoms in total. The molecule has 0 amide bonds. The van der Waals surface area contributed by atoms with Crippen LogP contribution in [0.3, 0.4) is 0 Å². The standard InChI is InChI=1S/C15H25FN2/c1-12(2)9-10-18(4)11-15(17-3)13-7-5-6-8-14(13)16/h5-8,12,15,17H,9-11H2,1-4H3. The summed E-state index contributed by atoms with van der Waals surface area (Å²) in [6, 6.07) is 7.04. The summed E-state index contributed by atoms with van der Waals surface area (Å²) in [6.45, 7) is 6.31. The summed E-state index contributed by atoms with van der Waals surface area (Å²) in [5, 5.41) is 3.20. The summed E-state index contributed by atoms with van der Waals surface area (Å²) in [7, 11) is 3.97. The van der Waals surface area contributed by atoms with E-state index in [9.17, 15) is 4.39 Å². The van der Waals surface area contributed by atoms with E-state index in [0.717, 1.165) is 18.7 Å². The number of benzene rings is 1. The molecule has 1 aromatic rings. The molecule has 1 N–H and O–H groups in total. The van der Waals surface area contributed by atoms with E-state index in [1.807, 2.05) is 19.2 Å². The molecule has 0 radical (unpaired) electrons. The van der Waals surface area contributed by atoms with E-state index in [2.05, 4.69) is 31.1 Å². The Hall–Kier alpha value is -0.930. The molecule has 1 atom stereocenters. The average Bonchev–Trinajstić information content (AvgIpc) is 2.34. The predicted molar refractivity (Wildman–Crippen MR) is 75.2 cm³/mol. The van der Waals surface area contributed by atoms with Crippen molar-refractivity contribution >= 4 is 0 Å². The third-order valence-corrected chi connectivity index (χ3v) is 3.21. The van der Waals surface area contributed by atoms with Gasteiger partial charge in [-0.2, -0.15) is 0 Å². The molecular weight excluding hydrogens is 227 g/mol. The Labute approximate surface area is 110 Å². The minimum atomic E-state index is -0.130. The molecule has 0 fully saturated rings. The van der Waals surface area contributed by atoms with Gasteiger partial charge in [-0.15, -0.1) is 0 Å². The lowest BCUT2D eigenvalue weighted by Gasteiger charge is -2.25. The van der Waals surface area contributed by atoms with Crippen molar-refractivity contribution in [1.82, 2.24) is 10.2 Å². The maximum absolute atomic E-state index is 13.7. The lowest BCUT2D eigenvalue weighted by molar-refractivity contribution is 0.277. The maximum atomic E-state index is 13.7. The first kappa shape index (κ1) is 15.1. The molecule has 102 valence electrons. The Bertz CT molecular complexity index is 352. The highest BCUT2D eigenvalue weighted by atomic mass is 19.1. The normalized spacial score (nSPS) is 13.3. The van der Waals surface area contributed by atoms with Gasteiger partial charge in [0.1, 0.15) is 5.82 Å². The number of hydrogen-bond donors (Lipinski definition) is 1. The third kappa shape index (κ3) is 4.75. The van der Waals surface area contributed by atoms with Crippen molar-refractivity contribution in [2.24, 2.45) is 5.92 Å². The van der Waals surface area contributed by atoms with Gasteiger partial charge in [-0.3, -0.25) is 0 Å². The lowest BCUT2D eigenvalue weighted by Crippen LogP contribution is -2.32. The Morgan fingerprint density at radius 1 is 1.28 bits per heavy atom. The topological polar surface area (TPSA) is 15.3 Å². The molecule has 0 aliphatic heterocycles. The van der Waals surface area contributed by atoms with E-state index >= 15 is 0 Å². The predicted octanol–water partition coefficient (Wildman–Crippen LogP) is 3.06. The second-order valence-corrected chi connectivity index (χ2v) is 5.31. The Balaban J connectivity index is 2.59. The summed E-state index contributed by atoms with van der Waals surface area (Å²) in [5.41, 5.74) is 0.747. The van der Waals surface area contributed by atoms with Crippen LogP contribution in [0.5, 0.6) is 0 Å². The molecule has 0 heterocycles. The molecule has 0 aliphatic rings. The van der Waals surface area contributed by atoms with Crippen LogP contribution < -0.4 is 5.32 Å². The van der Waals surface area contributed by atoms with Crippen molar-refractivity contribution in [2.75, 3.05) is 27.2 Å². The number of nitrogens with zero attached hydrogens (tertiary/aromatic N) is 1. The van der Waals surface area contributed by atoms with Crippen LogP contribution in [0.2, 0.25) is 0 Å². The lowest BCUT2D eigenvalue weighted by atomic mass is 10.1. The molecule has 0 saturated carbocycles. The van der Waals surface area contributed by atoms with E-state index < -0.39 is 0 Å². The second-order valence-electron chi connectivity index (χ2n) is 5.31. The van der Waals surface area contributed by atoms with Crippen LogP contribution in [0.25, 0.3) is 0 Å². The molecule has 0 bridgehead atoms. The van der Waals surface area contributed by atoms with Crippen LogP contribution in [0.15, 0.2) is 24.3 Å². The van der Waals surface area contributed by atoms with Gasteiger partial charge in [-0.1, -0.05) is 32.0 Å². The Morgan fingerprint density at radius 3 is 2.50 bits per heavy atom. The summed E-state index contributed by atoms with van der Waals surface area (Å²) in [5.74, 6) is 0.572. The molecule has 0 aliphatic carbocycles. The van der Waals surface area contributed by atoms with Gasteiger partial charge in [-0.05, 0) is 39.0 Å². The van der Waals surface area contributed by atoms with Crippen molar-refractivity contribution in [3.63, 3.8) is 0 Å². The van der Waals surface area contributed by atoms with E-state index in [1.54, 1.807) is 6.07 Å². The van der Waals surface area contributed by atoms with Gasteiger partial charge < -0.3 is 10.2 Å². The van der Waals surface area contributed by atoms with E-state index in [1.165, 1.54) is 12.5 Å². The SMILES string of the molecule is CNC(CN(C)CCC(C)C)c1ccccc1F. The molecule has 18 heavy (non-hydrogen) atoms. The first-order chi connectivity index (χ1) is 8.54. The van der Waals surface area contributed by atoms with Gasteiger partial charge in [-0.25, -0.2) is 4.39 Å². The highest BCUT2D eigenvalue weighted by molar-refractivity contribution is 5.21. The number of halogens is 1. The second kappa shape index (κ2) is 7.49. The van der Waals surface area contributed by atoms with Crippen molar-refractivity contribution in [1.29, 1.82) is 0 Å². The largest absolute Gasteiger partial charge is 0.312 e. The number of likely N-dealkylation sites (N-methyl/N-ethyl adjacent to an activating group) is 2. The van der Waals surface area contributed by atoms with Crippen LogP contribution >= 0.6 is 0 Å². The van der Waals surface area contributed by atoms with Crippen molar-refractivity contribution in [3.05, 3.63) is 35.6 Å². The average molecular weight is 252 g/mol. The fourth-order valence-corrected chi connectivity index (χ4v) is 1.98. The number of hydrogen-bond acceptors (Lipinski definition) is 2. The van der Waals surface area contributed by atoms with Gasteiger partial charge in [0.15, 0.2) is 0 Å². The summed E-state index contributed by atoms with van der Waals surface area (Å²) in [4.78, 5) is 2.26. The Morgan fingerprint density at radius 2 is 1.94 bits per heavy atom. The minimum absolute atomic E-state index is 0.0448. The smallest absolute Gasteiger partial charge is 0.128 e. The van der Waals surface area contributed by atoms with Crippen molar-refractivity contribution in [2.45, 2.75) is 26.3 Å². The van der Waals surface area contributed by atoms with Gasteiger partial charge in [0.05, 0.1) is 0 Å². The summed E-state index contributed by atoms with van der Waals surface area (Å²) < 4.78 is 13.7. The van der Waals surface area contributed by atoms with Crippen LogP contribution in [0, 0.1) is 11.7 Å². The number of nitrogens with one attached hydrogen (secondary N) is 1.